The van der Waals surface area contributed by atoms with Gasteiger partial charge in [-0.1, -0.05) is 12.1 Å². The lowest BCUT2D eigenvalue weighted by Gasteiger charge is -2.24. The zero-order chi connectivity index (χ0) is 17.0. The van der Waals surface area contributed by atoms with Crippen LogP contribution < -0.4 is 10.1 Å². The van der Waals surface area contributed by atoms with Crippen LogP contribution in [0.3, 0.4) is 0 Å². The van der Waals surface area contributed by atoms with Crippen LogP contribution in [0, 0.1) is 0 Å². The fourth-order valence-corrected chi connectivity index (χ4v) is 2.12. The Morgan fingerprint density at radius 3 is 2.35 bits per heavy atom. The van der Waals surface area contributed by atoms with Crippen molar-refractivity contribution in [3.63, 3.8) is 0 Å². The summed E-state index contributed by atoms with van der Waals surface area (Å²) in [6.07, 6.45) is 0. The number of benzene rings is 1. The lowest BCUT2D eigenvalue weighted by atomic mass is 9.83. The van der Waals surface area contributed by atoms with Gasteiger partial charge in [0.1, 0.15) is 11.5 Å². The van der Waals surface area contributed by atoms with E-state index >= 15 is 0 Å². The molecule has 6 nitrogen and oxygen atoms in total. The summed E-state index contributed by atoms with van der Waals surface area (Å²) in [6.45, 7) is 3.76. The molecule has 1 heterocycles. The predicted octanol–water partition coefficient (Wildman–Crippen LogP) is 2.58. The number of carbonyl (C=O) groups is 2. The molecule has 0 aliphatic heterocycles. The summed E-state index contributed by atoms with van der Waals surface area (Å²) in [5.41, 5.74) is 0.107. The number of ether oxygens (including phenoxy) is 1. The minimum atomic E-state index is -1.14. The second-order valence-corrected chi connectivity index (χ2v) is 5.61. The first kappa shape index (κ1) is 16.6. The van der Waals surface area contributed by atoms with Gasteiger partial charge >= 0.3 is 5.97 Å². The maximum atomic E-state index is 12.4. The molecule has 0 bridgehead atoms. The number of carboxylic acid groups (broad SMARTS) is 1. The highest BCUT2D eigenvalue weighted by Crippen LogP contribution is 2.25. The number of nitrogens with one attached hydrogen (secondary N) is 1. The van der Waals surface area contributed by atoms with Gasteiger partial charge < -0.3 is 19.6 Å². The summed E-state index contributed by atoms with van der Waals surface area (Å²) in [5.74, 6) is -0.358. The Labute approximate surface area is 134 Å². The van der Waals surface area contributed by atoms with Crippen molar-refractivity contribution < 1.29 is 23.8 Å². The van der Waals surface area contributed by atoms with Gasteiger partial charge in [-0.2, -0.15) is 0 Å². The molecule has 2 rings (SSSR count). The van der Waals surface area contributed by atoms with Crippen LogP contribution in [0.1, 0.15) is 35.7 Å². The molecule has 2 N–H and O–H groups in total. The zero-order valence-corrected chi connectivity index (χ0v) is 13.3. The topological polar surface area (TPSA) is 88.8 Å². The van der Waals surface area contributed by atoms with E-state index in [2.05, 4.69) is 5.32 Å². The average molecular weight is 317 g/mol. The van der Waals surface area contributed by atoms with E-state index < -0.39 is 11.4 Å². The largest absolute Gasteiger partial charge is 0.497 e. The summed E-state index contributed by atoms with van der Waals surface area (Å²) in [7, 11) is 1.58. The SMILES string of the molecule is COc1ccc(C(C)(C)C(=O)NCc2ccc(C(=O)O)o2)cc1. The Balaban J connectivity index is 2.03. The Bertz CT molecular complexity index is 700. The van der Waals surface area contributed by atoms with Crippen molar-refractivity contribution >= 4 is 11.9 Å². The normalized spacial score (nSPS) is 11.1. The number of carbonyl (C=O) groups excluding carboxylic acids is 1. The molecule has 0 saturated carbocycles. The molecule has 0 unspecified atom stereocenters. The van der Waals surface area contributed by atoms with Gasteiger partial charge in [-0.3, -0.25) is 4.79 Å². The molecular weight excluding hydrogens is 298 g/mol. The fraction of sp³-hybridized carbons (Fsp3) is 0.294. The van der Waals surface area contributed by atoms with E-state index in [9.17, 15) is 9.59 Å². The third-order valence-corrected chi connectivity index (χ3v) is 3.67. The number of aromatic carboxylic acids is 1. The molecular formula is C17H19NO5. The van der Waals surface area contributed by atoms with Crippen LogP contribution >= 0.6 is 0 Å². The summed E-state index contributed by atoms with van der Waals surface area (Å²) < 4.78 is 10.2. The first-order valence-corrected chi connectivity index (χ1v) is 7.09. The molecule has 0 spiro atoms. The molecule has 0 aliphatic carbocycles. The number of methoxy groups -OCH3 is 1. The van der Waals surface area contributed by atoms with E-state index in [0.29, 0.717) is 5.76 Å². The molecule has 1 aromatic heterocycles. The minimum absolute atomic E-state index is 0.131. The second kappa shape index (κ2) is 6.56. The lowest BCUT2D eigenvalue weighted by Crippen LogP contribution is -2.39. The minimum Gasteiger partial charge on any atom is -0.497 e. The van der Waals surface area contributed by atoms with Gasteiger partial charge in [-0.15, -0.1) is 0 Å². The summed E-state index contributed by atoms with van der Waals surface area (Å²) in [5, 5.41) is 11.6. The van der Waals surface area contributed by atoms with Crippen molar-refractivity contribution in [3.8, 4) is 5.75 Å². The lowest BCUT2D eigenvalue weighted by molar-refractivity contribution is -0.125. The van der Waals surface area contributed by atoms with Gasteiger partial charge in [0, 0.05) is 0 Å². The summed E-state index contributed by atoms with van der Waals surface area (Å²) in [6, 6.07) is 10.2. The standard InChI is InChI=1S/C17H19NO5/c1-17(2,11-4-6-12(22-3)7-5-11)16(21)18-10-13-8-9-14(23-13)15(19)20/h4-9H,10H2,1-3H3,(H,18,21)(H,19,20). The van der Waals surface area contributed by atoms with Gasteiger partial charge in [0.05, 0.1) is 19.1 Å². The van der Waals surface area contributed by atoms with E-state index in [4.69, 9.17) is 14.3 Å². The molecule has 0 fully saturated rings. The third kappa shape index (κ3) is 3.71. The number of hydrogen-bond donors (Lipinski definition) is 2. The van der Waals surface area contributed by atoms with Crippen LogP contribution in [0.2, 0.25) is 0 Å². The molecule has 0 saturated heterocycles. The van der Waals surface area contributed by atoms with Crippen molar-refractivity contribution in [1.82, 2.24) is 5.32 Å². The smallest absolute Gasteiger partial charge is 0.371 e. The molecule has 0 aliphatic rings. The number of amides is 1. The maximum absolute atomic E-state index is 12.4. The molecule has 0 radical (unpaired) electrons. The number of carboxylic acids is 1. The van der Waals surface area contributed by atoms with E-state index in [1.54, 1.807) is 19.2 Å². The highest BCUT2D eigenvalue weighted by Gasteiger charge is 2.29. The van der Waals surface area contributed by atoms with Gasteiger partial charge in [0.25, 0.3) is 0 Å². The zero-order valence-electron chi connectivity index (χ0n) is 13.3. The van der Waals surface area contributed by atoms with Crippen molar-refractivity contribution in [2.24, 2.45) is 0 Å². The van der Waals surface area contributed by atoms with E-state index in [-0.39, 0.29) is 18.2 Å². The summed E-state index contributed by atoms with van der Waals surface area (Å²) in [4.78, 5) is 23.2. The average Bonchev–Trinajstić information content (AvgIpc) is 3.01. The molecule has 6 heteroatoms. The highest BCUT2D eigenvalue weighted by molar-refractivity contribution is 5.87. The first-order chi connectivity index (χ1) is 10.8. The van der Waals surface area contributed by atoms with Crippen LogP contribution in [0.4, 0.5) is 0 Å². The molecule has 1 aromatic carbocycles. The van der Waals surface area contributed by atoms with E-state index in [1.165, 1.54) is 12.1 Å². The van der Waals surface area contributed by atoms with Crippen LogP contribution in [0.25, 0.3) is 0 Å². The van der Waals surface area contributed by atoms with Crippen LogP contribution in [-0.4, -0.2) is 24.1 Å². The predicted molar refractivity (Wildman–Crippen MR) is 83.5 cm³/mol. The van der Waals surface area contributed by atoms with Crippen molar-refractivity contribution in [2.45, 2.75) is 25.8 Å². The molecule has 1 amide bonds. The number of rotatable bonds is 6. The van der Waals surface area contributed by atoms with Crippen molar-refractivity contribution in [2.75, 3.05) is 7.11 Å². The van der Waals surface area contributed by atoms with Gasteiger partial charge in [-0.25, -0.2) is 4.79 Å². The summed E-state index contributed by atoms with van der Waals surface area (Å²) >= 11 is 0. The van der Waals surface area contributed by atoms with E-state index in [0.717, 1.165) is 11.3 Å². The van der Waals surface area contributed by atoms with Crippen molar-refractivity contribution in [3.05, 3.63) is 53.5 Å². The van der Waals surface area contributed by atoms with Gasteiger partial charge in [0.15, 0.2) is 0 Å². The fourth-order valence-electron chi connectivity index (χ4n) is 2.12. The van der Waals surface area contributed by atoms with Crippen LogP contribution in [0.5, 0.6) is 5.75 Å². The molecule has 0 atom stereocenters. The molecule has 23 heavy (non-hydrogen) atoms. The van der Waals surface area contributed by atoms with Crippen LogP contribution in [-0.2, 0) is 16.8 Å². The maximum Gasteiger partial charge on any atom is 0.371 e. The quantitative estimate of drug-likeness (QED) is 0.855. The third-order valence-electron chi connectivity index (χ3n) is 3.67. The van der Waals surface area contributed by atoms with Crippen LogP contribution in [0.15, 0.2) is 40.8 Å². The first-order valence-electron chi connectivity index (χ1n) is 7.09. The van der Waals surface area contributed by atoms with E-state index in [1.807, 2.05) is 26.0 Å². The van der Waals surface area contributed by atoms with Gasteiger partial charge in [-0.05, 0) is 43.7 Å². The second-order valence-electron chi connectivity index (χ2n) is 5.61. The Kier molecular flexibility index (Phi) is 4.74. The Morgan fingerprint density at radius 2 is 1.83 bits per heavy atom. The number of hydrogen-bond acceptors (Lipinski definition) is 4. The van der Waals surface area contributed by atoms with Gasteiger partial charge in [0.2, 0.25) is 11.7 Å². The number of furan rings is 1. The monoisotopic (exact) mass is 317 g/mol. The Morgan fingerprint density at radius 1 is 1.17 bits per heavy atom. The van der Waals surface area contributed by atoms with Crippen molar-refractivity contribution in [1.29, 1.82) is 0 Å². The highest BCUT2D eigenvalue weighted by atomic mass is 16.5. The molecule has 2 aromatic rings. The Hall–Kier alpha value is -2.76. The molecule has 122 valence electrons.